The maximum Gasteiger partial charge on any atom is 0.159 e. The zero-order valence-electron chi connectivity index (χ0n) is 10.1. The maximum atomic E-state index is 7.47. The summed E-state index contributed by atoms with van der Waals surface area (Å²) in [6.07, 6.45) is 0. The molecule has 0 spiro atoms. The molecule has 0 saturated carbocycles. The first-order chi connectivity index (χ1) is 8.24. The molecule has 3 rings (SSSR count). The van der Waals surface area contributed by atoms with Crippen LogP contribution in [-0.2, 0) is 13.1 Å². The van der Waals surface area contributed by atoms with Crippen molar-refractivity contribution in [2.75, 3.05) is 0 Å². The van der Waals surface area contributed by atoms with E-state index in [2.05, 4.69) is 15.3 Å². The van der Waals surface area contributed by atoms with Crippen molar-refractivity contribution < 1.29 is 1.37 Å². The number of hydrogen-bond donors (Lipinski definition) is 1. The number of hydrogen-bond acceptors (Lipinski definition) is 3. The van der Waals surface area contributed by atoms with Crippen LogP contribution in [0.15, 0.2) is 30.3 Å². The molecular weight excluding hydrogens is 198 g/mol. The van der Waals surface area contributed by atoms with Crippen molar-refractivity contribution in [2.45, 2.75) is 20.0 Å². The molecule has 0 saturated heterocycles. The fourth-order valence-electron chi connectivity index (χ4n) is 2.00. The summed E-state index contributed by atoms with van der Waals surface area (Å²) in [5.41, 5.74) is 4.34. The van der Waals surface area contributed by atoms with Crippen molar-refractivity contribution in [1.82, 2.24) is 15.3 Å². The summed E-state index contributed by atoms with van der Waals surface area (Å²) in [6.45, 7) is 3.71. The second-order valence-electron chi connectivity index (χ2n) is 3.95. The van der Waals surface area contributed by atoms with Gasteiger partial charge < -0.3 is 5.32 Å². The van der Waals surface area contributed by atoms with Gasteiger partial charge in [0.15, 0.2) is 5.82 Å². The quantitative estimate of drug-likeness (QED) is 0.786. The van der Waals surface area contributed by atoms with E-state index in [-0.39, 0.29) is 0 Å². The third-order valence-corrected chi connectivity index (χ3v) is 2.87. The summed E-state index contributed by atoms with van der Waals surface area (Å²) in [7, 11) is 0. The number of fused-ring (bicyclic) bond motifs is 1. The molecule has 0 unspecified atom stereocenters. The molecule has 0 atom stereocenters. The Balaban J connectivity index is 2.10. The Morgan fingerprint density at radius 3 is 2.88 bits per heavy atom. The molecule has 0 amide bonds. The van der Waals surface area contributed by atoms with Crippen molar-refractivity contribution in [3.8, 4) is 11.4 Å². The Labute approximate surface area is 96.0 Å². The van der Waals surface area contributed by atoms with Gasteiger partial charge in [-0.1, -0.05) is 30.3 Å². The lowest BCUT2D eigenvalue weighted by atomic mass is 10.1. The summed E-state index contributed by atoms with van der Waals surface area (Å²) in [5.74, 6) is 0.755. The van der Waals surface area contributed by atoms with Crippen LogP contribution in [0.3, 0.4) is 0 Å². The molecule has 1 aliphatic heterocycles. The molecule has 0 radical (unpaired) electrons. The van der Waals surface area contributed by atoms with E-state index in [0.717, 1.165) is 35.9 Å². The number of rotatable bonds is 1. The molecule has 1 aliphatic rings. The first-order valence-corrected chi connectivity index (χ1v) is 5.38. The summed E-state index contributed by atoms with van der Waals surface area (Å²) in [5, 5.41) is 3.28. The van der Waals surface area contributed by atoms with E-state index >= 15 is 0 Å². The third kappa shape index (κ3) is 1.49. The molecule has 16 heavy (non-hydrogen) atoms. The van der Waals surface area contributed by atoms with Gasteiger partial charge in [0.2, 0.25) is 0 Å². The second kappa shape index (κ2) is 3.68. The predicted molar refractivity (Wildman–Crippen MR) is 62.7 cm³/mol. The lowest BCUT2D eigenvalue weighted by Gasteiger charge is -2.05. The van der Waals surface area contributed by atoms with Crippen molar-refractivity contribution in [2.24, 2.45) is 0 Å². The van der Waals surface area contributed by atoms with Gasteiger partial charge in [-0.05, 0) is 6.92 Å². The fraction of sp³-hybridized carbons (Fsp3) is 0.231. The number of aryl methyl sites for hydroxylation is 1. The molecule has 1 aromatic heterocycles. The molecule has 0 bridgehead atoms. The van der Waals surface area contributed by atoms with E-state index in [1.54, 1.807) is 12.1 Å². The fourth-order valence-corrected chi connectivity index (χ4v) is 2.00. The normalized spacial score (nSPS) is 14.7. The summed E-state index contributed by atoms with van der Waals surface area (Å²) in [4.78, 5) is 9.11. The van der Waals surface area contributed by atoms with Gasteiger partial charge in [0, 0.05) is 29.9 Å². The highest BCUT2D eigenvalue weighted by Gasteiger charge is 2.16. The minimum absolute atomic E-state index is 0.508. The predicted octanol–water partition coefficient (Wildman–Crippen LogP) is 2.06. The molecule has 1 aromatic carbocycles. The third-order valence-electron chi connectivity index (χ3n) is 2.87. The van der Waals surface area contributed by atoms with Crippen LogP contribution in [0.4, 0.5) is 0 Å². The van der Waals surface area contributed by atoms with Crippen LogP contribution in [0.2, 0.25) is 0 Å². The lowest BCUT2D eigenvalue weighted by molar-refractivity contribution is 0.757. The second-order valence-corrected chi connectivity index (χ2v) is 3.95. The first-order valence-electron chi connectivity index (χ1n) is 5.88. The number of benzene rings is 1. The van der Waals surface area contributed by atoms with Crippen molar-refractivity contribution >= 4 is 0 Å². The molecular formula is C13H13N3. The van der Waals surface area contributed by atoms with E-state index in [9.17, 15) is 0 Å². The van der Waals surface area contributed by atoms with Gasteiger partial charge >= 0.3 is 0 Å². The Kier molecular flexibility index (Phi) is 1.94. The van der Waals surface area contributed by atoms with E-state index in [1.807, 2.05) is 19.1 Å². The SMILES string of the molecule is [2H]c1ccc(-c2nc(C)c3c(n2)CNC3)cc1. The van der Waals surface area contributed by atoms with E-state index in [4.69, 9.17) is 1.37 Å². The summed E-state index contributed by atoms with van der Waals surface area (Å²) < 4.78 is 7.47. The molecule has 0 aliphatic carbocycles. The molecule has 2 aromatic rings. The molecule has 80 valence electrons. The van der Waals surface area contributed by atoms with Gasteiger partial charge in [-0.2, -0.15) is 0 Å². The lowest BCUT2D eigenvalue weighted by Crippen LogP contribution is -2.00. The Morgan fingerprint density at radius 1 is 1.25 bits per heavy atom. The van der Waals surface area contributed by atoms with E-state index in [0.29, 0.717) is 6.04 Å². The molecule has 0 fully saturated rings. The van der Waals surface area contributed by atoms with Gasteiger partial charge in [-0.25, -0.2) is 9.97 Å². The highest BCUT2D eigenvalue weighted by molar-refractivity contribution is 5.55. The number of nitrogens with zero attached hydrogens (tertiary/aromatic N) is 2. The van der Waals surface area contributed by atoms with Crippen LogP contribution < -0.4 is 5.32 Å². The molecule has 3 heteroatoms. The monoisotopic (exact) mass is 212 g/mol. The van der Waals surface area contributed by atoms with Crippen molar-refractivity contribution in [3.63, 3.8) is 0 Å². The van der Waals surface area contributed by atoms with Gasteiger partial charge in [0.05, 0.1) is 7.06 Å². The van der Waals surface area contributed by atoms with Gasteiger partial charge in [0.25, 0.3) is 0 Å². The maximum absolute atomic E-state index is 7.47. The Bertz CT molecular complexity index is 564. The molecule has 2 heterocycles. The Hall–Kier alpha value is -1.74. The first kappa shape index (κ1) is 8.42. The van der Waals surface area contributed by atoms with Crippen LogP contribution >= 0.6 is 0 Å². The minimum atomic E-state index is 0.508. The average Bonchev–Trinajstić information content (AvgIpc) is 2.78. The average molecular weight is 212 g/mol. The smallest absolute Gasteiger partial charge is 0.159 e. The van der Waals surface area contributed by atoms with Crippen LogP contribution in [0.25, 0.3) is 11.4 Å². The highest BCUT2D eigenvalue weighted by Crippen LogP contribution is 2.21. The van der Waals surface area contributed by atoms with Gasteiger partial charge in [-0.15, -0.1) is 0 Å². The van der Waals surface area contributed by atoms with Crippen molar-refractivity contribution in [1.29, 1.82) is 0 Å². The van der Waals surface area contributed by atoms with E-state index < -0.39 is 0 Å². The topological polar surface area (TPSA) is 37.8 Å². The van der Waals surface area contributed by atoms with Crippen molar-refractivity contribution in [3.05, 3.63) is 47.3 Å². The van der Waals surface area contributed by atoms with Crippen LogP contribution in [-0.4, -0.2) is 9.97 Å². The van der Waals surface area contributed by atoms with Crippen LogP contribution in [0.5, 0.6) is 0 Å². The Morgan fingerprint density at radius 2 is 2.06 bits per heavy atom. The van der Waals surface area contributed by atoms with Crippen LogP contribution in [0.1, 0.15) is 18.3 Å². The van der Waals surface area contributed by atoms with Gasteiger partial charge in [0.1, 0.15) is 0 Å². The van der Waals surface area contributed by atoms with Crippen LogP contribution in [0, 0.1) is 6.92 Å². The highest BCUT2D eigenvalue weighted by atomic mass is 15.0. The number of aromatic nitrogens is 2. The summed E-state index contributed by atoms with van der Waals surface area (Å²) in [6, 6.07) is 7.82. The summed E-state index contributed by atoms with van der Waals surface area (Å²) >= 11 is 0. The van der Waals surface area contributed by atoms with Gasteiger partial charge in [-0.3, -0.25) is 0 Å². The standard InChI is InChI=1S/C13H13N3/c1-9-11-7-14-8-12(11)16-13(15-9)10-5-3-2-4-6-10/h2-6,14H,7-8H2,1H3/i2D. The molecule has 3 nitrogen and oxygen atoms in total. The minimum Gasteiger partial charge on any atom is -0.307 e. The zero-order chi connectivity index (χ0) is 11.8. The number of nitrogens with one attached hydrogen (secondary N) is 1. The molecule has 1 N–H and O–H groups in total. The largest absolute Gasteiger partial charge is 0.307 e. The van der Waals surface area contributed by atoms with E-state index in [1.165, 1.54) is 5.56 Å². The zero-order valence-corrected chi connectivity index (χ0v) is 9.12.